The van der Waals surface area contributed by atoms with Crippen LogP contribution in [0.3, 0.4) is 0 Å². The van der Waals surface area contributed by atoms with Crippen molar-refractivity contribution >= 4 is 29.0 Å². The first kappa shape index (κ1) is 24.9. The van der Waals surface area contributed by atoms with Crippen molar-refractivity contribution in [2.75, 3.05) is 45.2 Å². The number of anilines is 2. The van der Waals surface area contributed by atoms with Crippen molar-refractivity contribution in [1.82, 2.24) is 9.80 Å². The molecule has 1 fully saturated rings. The van der Waals surface area contributed by atoms with Crippen LogP contribution in [0.1, 0.15) is 37.7 Å². The van der Waals surface area contributed by atoms with E-state index in [2.05, 4.69) is 4.90 Å². The van der Waals surface area contributed by atoms with Gasteiger partial charge in [-0.25, -0.2) is 0 Å². The van der Waals surface area contributed by atoms with Crippen molar-refractivity contribution in [3.63, 3.8) is 0 Å². The first-order chi connectivity index (χ1) is 16.2. The third-order valence-corrected chi connectivity index (χ3v) is 7.82. The van der Waals surface area contributed by atoms with E-state index < -0.39 is 11.7 Å². The van der Waals surface area contributed by atoms with Gasteiger partial charge in [0.1, 0.15) is 0 Å². The smallest absolute Gasteiger partial charge is 0.343 e. The topological polar surface area (TPSA) is 26.8 Å². The molecule has 34 heavy (non-hydrogen) atoms. The van der Waals surface area contributed by atoms with Gasteiger partial charge in [-0.15, -0.1) is 0 Å². The number of benzene rings is 2. The maximum absolute atomic E-state index is 13.4. The molecule has 2 aromatic carbocycles. The molecule has 0 unspecified atom stereocenters. The van der Waals surface area contributed by atoms with Gasteiger partial charge in [-0.05, 0) is 76.0 Å². The number of carbonyl (C=O) groups excluding carboxylic acids is 1. The van der Waals surface area contributed by atoms with Crippen LogP contribution in [0, 0.1) is 5.92 Å². The van der Waals surface area contributed by atoms with Gasteiger partial charge in [-0.2, -0.15) is 13.2 Å². The van der Waals surface area contributed by atoms with Crippen LogP contribution in [-0.4, -0.2) is 56.0 Å². The van der Waals surface area contributed by atoms with Crippen molar-refractivity contribution in [1.29, 1.82) is 0 Å². The SMILES string of the molecule is CN(C)CCC(=O)N1CCC(CCCN2c3ccccc3Sc3ccc(C(F)(F)F)cc32)CC1. The molecule has 0 aromatic heterocycles. The molecule has 0 spiro atoms. The molecule has 0 radical (unpaired) electrons. The number of nitrogens with zero attached hydrogens (tertiary/aromatic N) is 3. The molecule has 0 bridgehead atoms. The van der Waals surface area contributed by atoms with Gasteiger partial charge >= 0.3 is 6.18 Å². The molecule has 8 heteroatoms. The standard InChI is InChI=1S/C26H32F3N3OS/c1-30(2)15-13-25(33)31-16-11-19(12-17-31)6-5-14-32-21-7-3-4-8-23(21)34-24-10-9-20(18-22(24)32)26(27,28)29/h3-4,7-10,18-19H,5-6,11-17H2,1-2H3. The zero-order chi connectivity index (χ0) is 24.3. The molecule has 1 amide bonds. The van der Waals surface area contributed by atoms with Gasteiger partial charge in [-0.3, -0.25) is 4.79 Å². The van der Waals surface area contributed by atoms with Crippen molar-refractivity contribution in [3.8, 4) is 0 Å². The number of fused-ring (bicyclic) bond motifs is 2. The Bertz CT molecular complexity index is 1000. The number of likely N-dealkylation sites (tertiary alicyclic amines) is 1. The zero-order valence-electron chi connectivity index (χ0n) is 19.8. The van der Waals surface area contributed by atoms with Gasteiger partial charge in [0.25, 0.3) is 0 Å². The number of hydrogen-bond acceptors (Lipinski definition) is 4. The molecular formula is C26H32F3N3OS. The Labute approximate surface area is 204 Å². The number of para-hydroxylation sites is 1. The summed E-state index contributed by atoms with van der Waals surface area (Å²) in [5.74, 6) is 0.778. The Hall–Kier alpha value is -2.19. The number of alkyl halides is 3. The van der Waals surface area contributed by atoms with Gasteiger partial charge in [0.2, 0.25) is 5.91 Å². The van der Waals surface area contributed by atoms with Crippen molar-refractivity contribution in [3.05, 3.63) is 48.0 Å². The molecule has 1 saturated heterocycles. The molecule has 2 aliphatic heterocycles. The molecule has 0 saturated carbocycles. The van der Waals surface area contributed by atoms with E-state index in [-0.39, 0.29) is 5.91 Å². The quantitative estimate of drug-likeness (QED) is 0.456. The fourth-order valence-electron chi connectivity index (χ4n) is 4.73. The summed E-state index contributed by atoms with van der Waals surface area (Å²) in [6, 6.07) is 12.0. The molecule has 0 N–H and O–H groups in total. The molecule has 184 valence electrons. The van der Waals surface area contributed by atoms with E-state index in [0.717, 1.165) is 60.8 Å². The Morgan fingerprint density at radius 2 is 1.76 bits per heavy atom. The van der Waals surface area contributed by atoms with Crippen molar-refractivity contribution in [2.45, 2.75) is 48.1 Å². The van der Waals surface area contributed by atoms with Gasteiger partial charge in [0, 0.05) is 42.4 Å². The van der Waals surface area contributed by atoms with Crippen molar-refractivity contribution in [2.24, 2.45) is 5.92 Å². The number of halogens is 3. The predicted octanol–water partition coefficient (Wildman–Crippen LogP) is 6.28. The zero-order valence-corrected chi connectivity index (χ0v) is 20.6. The molecule has 2 heterocycles. The van der Waals surface area contributed by atoms with Gasteiger partial charge in [-0.1, -0.05) is 23.9 Å². The summed E-state index contributed by atoms with van der Waals surface area (Å²) >= 11 is 1.53. The van der Waals surface area contributed by atoms with E-state index in [1.807, 2.05) is 48.2 Å². The number of hydrogen-bond donors (Lipinski definition) is 0. The first-order valence-electron chi connectivity index (χ1n) is 11.9. The molecule has 4 nitrogen and oxygen atoms in total. The second-order valence-corrected chi connectivity index (χ2v) is 10.5. The van der Waals surface area contributed by atoms with E-state index in [0.29, 0.717) is 24.6 Å². The summed E-state index contributed by atoms with van der Waals surface area (Å²) in [5, 5.41) is 0. The number of carbonyl (C=O) groups is 1. The van der Waals surface area contributed by atoms with Crippen LogP contribution in [0.4, 0.5) is 24.5 Å². The highest BCUT2D eigenvalue weighted by Crippen LogP contribution is 2.49. The minimum Gasteiger partial charge on any atom is -0.343 e. The fraction of sp³-hybridized carbons (Fsp3) is 0.500. The Balaban J connectivity index is 1.38. The van der Waals surface area contributed by atoms with E-state index >= 15 is 0 Å². The van der Waals surface area contributed by atoms with E-state index in [1.54, 1.807) is 6.07 Å². The summed E-state index contributed by atoms with van der Waals surface area (Å²) in [4.78, 5) is 20.4. The highest BCUT2D eigenvalue weighted by atomic mass is 32.2. The van der Waals surface area contributed by atoms with E-state index in [4.69, 9.17) is 0 Å². The maximum Gasteiger partial charge on any atom is 0.416 e. The fourth-order valence-corrected chi connectivity index (χ4v) is 5.81. The summed E-state index contributed by atoms with van der Waals surface area (Å²) in [7, 11) is 3.95. The van der Waals surface area contributed by atoms with Crippen molar-refractivity contribution < 1.29 is 18.0 Å². The Morgan fingerprint density at radius 1 is 1.06 bits per heavy atom. The highest BCUT2D eigenvalue weighted by molar-refractivity contribution is 7.99. The lowest BCUT2D eigenvalue weighted by atomic mass is 9.92. The first-order valence-corrected chi connectivity index (χ1v) is 12.7. The van der Waals surface area contributed by atoms with Gasteiger partial charge in [0.05, 0.1) is 16.9 Å². The van der Waals surface area contributed by atoms with Crippen LogP contribution in [0.5, 0.6) is 0 Å². The second kappa shape index (κ2) is 10.6. The monoisotopic (exact) mass is 491 g/mol. The lowest BCUT2D eigenvalue weighted by Gasteiger charge is -2.35. The number of rotatable bonds is 7. The summed E-state index contributed by atoms with van der Waals surface area (Å²) in [6.45, 7) is 3.05. The van der Waals surface area contributed by atoms with Crippen LogP contribution in [0.25, 0.3) is 0 Å². The number of amides is 1. The number of piperidine rings is 1. The second-order valence-electron chi connectivity index (χ2n) is 9.42. The lowest BCUT2D eigenvalue weighted by Crippen LogP contribution is -2.39. The molecule has 0 aliphatic carbocycles. The molecule has 4 rings (SSSR count). The minimum atomic E-state index is -4.36. The summed E-state index contributed by atoms with van der Waals surface area (Å²) in [6.07, 6.45) is 0.0985. The molecule has 2 aliphatic rings. The van der Waals surface area contributed by atoms with Crippen LogP contribution in [-0.2, 0) is 11.0 Å². The largest absolute Gasteiger partial charge is 0.416 e. The predicted molar refractivity (Wildman–Crippen MR) is 131 cm³/mol. The average Bonchev–Trinajstić information content (AvgIpc) is 2.81. The van der Waals surface area contributed by atoms with Gasteiger partial charge in [0.15, 0.2) is 0 Å². The molecular weight excluding hydrogens is 459 g/mol. The summed E-state index contributed by atoms with van der Waals surface area (Å²) in [5.41, 5.74) is 1.00. The van der Waals surface area contributed by atoms with Crippen LogP contribution in [0.2, 0.25) is 0 Å². The Morgan fingerprint density at radius 3 is 2.47 bits per heavy atom. The highest BCUT2D eigenvalue weighted by Gasteiger charge is 2.33. The average molecular weight is 492 g/mol. The van der Waals surface area contributed by atoms with Crippen LogP contribution in [0.15, 0.2) is 52.3 Å². The van der Waals surface area contributed by atoms with E-state index in [1.165, 1.54) is 23.9 Å². The lowest BCUT2D eigenvalue weighted by molar-refractivity contribution is -0.137. The van der Waals surface area contributed by atoms with Crippen LogP contribution >= 0.6 is 11.8 Å². The maximum atomic E-state index is 13.4. The van der Waals surface area contributed by atoms with Gasteiger partial charge < -0.3 is 14.7 Å². The molecule has 0 atom stereocenters. The normalized spacial score (nSPS) is 16.5. The van der Waals surface area contributed by atoms with E-state index in [9.17, 15) is 18.0 Å². The van der Waals surface area contributed by atoms with Crippen LogP contribution < -0.4 is 4.90 Å². The Kier molecular flexibility index (Phi) is 7.77. The summed E-state index contributed by atoms with van der Waals surface area (Å²) < 4.78 is 40.2. The third-order valence-electron chi connectivity index (χ3n) is 6.69. The third kappa shape index (κ3) is 5.89. The molecule has 2 aromatic rings. The minimum absolute atomic E-state index is 0.228.